The van der Waals surface area contributed by atoms with E-state index in [0.717, 1.165) is 30.6 Å². The van der Waals surface area contributed by atoms with Gasteiger partial charge in [-0.05, 0) is 55.7 Å². The summed E-state index contributed by atoms with van der Waals surface area (Å²) in [6.45, 7) is 3.63. The van der Waals surface area contributed by atoms with Crippen LogP contribution in [0.1, 0.15) is 77.2 Å². The summed E-state index contributed by atoms with van der Waals surface area (Å²) in [5, 5.41) is 0. The zero-order chi connectivity index (χ0) is 27.8. The summed E-state index contributed by atoms with van der Waals surface area (Å²) in [6.07, 6.45) is 1.07. The van der Waals surface area contributed by atoms with Crippen molar-refractivity contribution in [3.63, 3.8) is 0 Å². The molecule has 0 spiro atoms. The number of nitrogens with one attached hydrogen (secondary N) is 1. The maximum Gasteiger partial charge on any atom is 0.417 e. The average Bonchev–Trinajstić information content (AvgIpc) is 3.32. The van der Waals surface area contributed by atoms with E-state index in [4.69, 9.17) is 5.73 Å². The molecule has 0 aromatic heterocycles. The predicted octanol–water partition coefficient (Wildman–Crippen LogP) is 4.60. The Bertz CT molecular complexity index is 1030. The lowest BCUT2D eigenvalue weighted by Gasteiger charge is -2.25. The predicted molar refractivity (Wildman–Crippen MR) is 131 cm³/mol. The average molecular weight is 552 g/mol. The van der Waals surface area contributed by atoms with Gasteiger partial charge in [-0.3, -0.25) is 14.5 Å². The number of halogens is 4. The monoisotopic (exact) mass is 551 g/mol. The molecule has 1 aliphatic carbocycles. The maximum absolute atomic E-state index is 13.3. The van der Waals surface area contributed by atoms with Crippen LogP contribution in [0.3, 0.4) is 0 Å². The molecule has 1 saturated carbocycles. The number of nitrogens with two attached hydrogens (primary N) is 1. The molecule has 7 nitrogen and oxygen atoms in total. The highest BCUT2D eigenvalue weighted by Crippen LogP contribution is 2.34. The van der Waals surface area contributed by atoms with Crippen molar-refractivity contribution in [2.24, 2.45) is 17.6 Å². The van der Waals surface area contributed by atoms with E-state index in [1.165, 1.54) is 0 Å². The van der Waals surface area contributed by atoms with Crippen LogP contribution in [0, 0.1) is 17.7 Å². The molecule has 0 radical (unpaired) electrons. The number of sulfonamides is 1. The number of hydrogen-bond donors (Lipinski definition) is 2. The van der Waals surface area contributed by atoms with Gasteiger partial charge in [0, 0.05) is 19.5 Å². The van der Waals surface area contributed by atoms with Crippen molar-refractivity contribution in [2.75, 3.05) is 13.1 Å². The molecular formula is C25H37F4N3O4S. The van der Waals surface area contributed by atoms with E-state index >= 15 is 0 Å². The molecule has 1 aromatic carbocycles. The van der Waals surface area contributed by atoms with Gasteiger partial charge < -0.3 is 5.73 Å². The summed E-state index contributed by atoms with van der Waals surface area (Å²) in [7, 11) is -4.57. The number of hydrogen-bond acceptors (Lipinski definition) is 5. The first kappa shape index (κ1) is 31.2. The minimum absolute atomic E-state index is 0.0280. The van der Waals surface area contributed by atoms with Crippen LogP contribution in [0.15, 0.2) is 23.1 Å². The second-order valence-corrected chi connectivity index (χ2v) is 11.8. The minimum Gasteiger partial charge on any atom is -0.320 e. The normalized spacial score (nSPS) is 15.8. The van der Waals surface area contributed by atoms with Crippen LogP contribution in [0.2, 0.25) is 0 Å². The van der Waals surface area contributed by atoms with E-state index in [2.05, 4.69) is 4.72 Å². The van der Waals surface area contributed by atoms with Gasteiger partial charge in [0.05, 0.1) is 16.5 Å². The molecule has 1 fully saturated rings. The molecular weight excluding hydrogens is 514 g/mol. The Morgan fingerprint density at radius 2 is 1.81 bits per heavy atom. The number of amides is 2. The number of unbranched alkanes of at least 4 members (excludes halogenated alkanes) is 1. The second-order valence-electron chi connectivity index (χ2n) is 10.1. The maximum atomic E-state index is 13.3. The quantitative estimate of drug-likeness (QED) is 0.275. The summed E-state index contributed by atoms with van der Waals surface area (Å²) in [6, 6.07) is 0.508. The Hall–Kier alpha value is -2.05. The number of imide groups is 1. The van der Waals surface area contributed by atoms with E-state index in [-0.39, 0.29) is 50.2 Å². The van der Waals surface area contributed by atoms with Crippen LogP contribution in [0.4, 0.5) is 17.6 Å². The highest BCUT2D eigenvalue weighted by atomic mass is 32.2. The fourth-order valence-corrected chi connectivity index (χ4v) is 5.85. The van der Waals surface area contributed by atoms with Crippen LogP contribution in [0.5, 0.6) is 0 Å². The zero-order valence-electron chi connectivity index (χ0n) is 21.3. The summed E-state index contributed by atoms with van der Waals surface area (Å²) < 4.78 is 79.9. The van der Waals surface area contributed by atoms with E-state index < -0.39 is 44.4 Å². The zero-order valence-corrected chi connectivity index (χ0v) is 22.1. The second kappa shape index (κ2) is 13.7. The third kappa shape index (κ3) is 9.64. The summed E-state index contributed by atoms with van der Waals surface area (Å²) in [5.41, 5.74) is 4.44. The summed E-state index contributed by atoms with van der Waals surface area (Å²) >= 11 is 0. The first-order chi connectivity index (χ1) is 17.2. The minimum atomic E-state index is -5.05. The van der Waals surface area contributed by atoms with Gasteiger partial charge in [-0.25, -0.2) is 17.5 Å². The van der Waals surface area contributed by atoms with Crippen molar-refractivity contribution in [1.29, 1.82) is 0 Å². The lowest BCUT2D eigenvalue weighted by Crippen LogP contribution is -2.47. The number of benzene rings is 1. The van der Waals surface area contributed by atoms with Crippen LogP contribution >= 0.6 is 0 Å². The molecule has 210 valence electrons. The van der Waals surface area contributed by atoms with Gasteiger partial charge in [-0.2, -0.15) is 13.2 Å². The van der Waals surface area contributed by atoms with Crippen LogP contribution in [-0.2, 0) is 25.8 Å². The Morgan fingerprint density at radius 1 is 1.16 bits per heavy atom. The summed E-state index contributed by atoms with van der Waals surface area (Å²) in [4.78, 5) is 25.9. The van der Waals surface area contributed by atoms with Gasteiger partial charge in [0.25, 0.3) is 0 Å². The third-order valence-electron chi connectivity index (χ3n) is 6.49. The van der Waals surface area contributed by atoms with Gasteiger partial charge in [-0.15, -0.1) is 0 Å². The molecule has 1 aromatic rings. The molecule has 37 heavy (non-hydrogen) atoms. The van der Waals surface area contributed by atoms with E-state index in [9.17, 15) is 35.6 Å². The fraction of sp³-hybridized carbons (Fsp3) is 0.680. The Kier molecular flexibility index (Phi) is 11.5. The molecule has 0 saturated heterocycles. The fourth-order valence-electron chi connectivity index (χ4n) is 4.57. The van der Waals surface area contributed by atoms with Crippen molar-refractivity contribution >= 4 is 21.8 Å². The van der Waals surface area contributed by atoms with Crippen molar-refractivity contribution < 1.29 is 35.6 Å². The van der Waals surface area contributed by atoms with Gasteiger partial charge in [0.2, 0.25) is 21.8 Å². The van der Waals surface area contributed by atoms with Crippen molar-refractivity contribution in [3.05, 3.63) is 29.6 Å². The van der Waals surface area contributed by atoms with Crippen LogP contribution in [-0.4, -0.2) is 44.3 Å². The molecule has 2 amide bonds. The first-order valence-corrected chi connectivity index (χ1v) is 14.2. The standard InChI is InChI=1S/C25H37F4N3O4S/c1-17(2)15-21(30)24(34)32(23(33)12-9-18-7-3-4-8-18)14-6-5-13-31-37(35,36)22-11-10-19(26)16-20(22)25(27,28)29/h10-11,16-18,21,31H,3-9,12-15,30H2,1-2H3/t21-/m0/s1. The SMILES string of the molecule is CC(C)C[C@H](N)C(=O)N(CCCCNS(=O)(=O)c1ccc(F)cc1C(F)(F)F)C(=O)CCC1CCCC1. The van der Waals surface area contributed by atoms with E-state index in [1.807, 2.05) is 13.8 Å². The van der Waals surface area contributed by atoms with Gasteiger partial charge in [-0.1, -0.05) is 39.5 Å². The van der Waals surface area contributed by atoms with Crippen molar-refractivity contribution in [3.8, 4) is 0 Å². The van der Waals surface area contributed by atoms with Crippen molar-refractivity contribution in [1.82, 2.24) is 9.62 Å². The molecule has 0 unspecified atom stereocenters. The van der Waals surface area contributed by atoms with Crippen LogP contribution < -0.4 is 10.5 Å². The number of nitrogens with zero attached hydrogens (tertiary/aromatic N) is 1. The number of carbonyl (C=O) groups excluding carboxylic acids is 2. The Labute approximate surface area is 216 Å². The molecule has 0 bridgehead atoms. The highest BCUT2D eigenvalue weighted by molar-refractivity contribution is 7.89. The number of carbonyl (C=O) groups is 2. The first-order valence-electron chi connectivity index (χ1n) is 12.7. The largest absolute Gasteiger partial charge is 0.417 e. The Morgan fingerprint density at radius 3 is 2.41 bits per heavy atom. The lowest BCUT2D eigenvalue weighted by atomic mass is 10.0. The highest BCUT2D eigenvalue weighted by Gasteiger charge is 2.37. The molecule has 2 rings (SSSR count). The lowest BCUT2D eigenvalue weighted by molar-refractivity contribution is -0.146. The van der Waals surface area contributed by atoms with E-state index in [0.29, 0.717) is 30.9 Å². The topological polar surface area (TPSA) is 110 Å². The Balaban J connectivity index is 1.98. The van der Waals surface area contributed by atoms with E-state index in [1.54, 1.807) is 0 Å². The van der Waals surface area contributed by atoms with Gasteiger partial charge in [0.15, 0.2) is 0 Å². The molecule has 0 aliphatic heterocycles. The molecule has 0 heterocycles. The van der Waals surface area contributed by atoms with Crippen molar-refractivity contribution in [2.45, 2.75) is 88.7 Å². The van der Waals surface area contributed by atoms with Gasteiger partial charge in [0.1, 0.15) is 5.82 Å². The molecule has 1 aliphatic rings. The number of alkyl halides is 3. The third-order valence-corrected chi connectivity index (χ3v) is 8.01. The molecule has 12 heteroatoms. The number of rotatable bonds is 13. The smallest absolute Gasteiger partial charge is 0.320 e. The van der Waals surface area contributed by atoms with Crippen LogP contribution in [0.25, 0.3) is 0 Å². The summed E-state index contributed by atoms with van der Waals surface area (Å²) in [5.74, 6) is -1.39. The molecule has 1 atom stereocenters. The van der Waals surface area contributed by atoms with Gasteiger partial charge >= 0.3 is 6.18 Å². The molecule has 3 N–H and O–H groups in total.